The molecule has 0 aliphatic heterocycles. The second kappa shape index (κ2) is 4.23. The summed E-state index contributed by atoms with van der Waals surface area (Å²) in [5.41, 5.74) is 2.18. The lowest BCUT2D eigenvalue weighted by molar-refractivity contribution is 0.153. The summed E-state index contributed by atoms with van der Waals surface area (Å²) in [6.07, 6.45) is 2.04. The minimum atomic E-state index is -0.277. The van der Waals surface area contributed by atoms with Crippen LogP contribution in [0.4, 0.5) is 0 Å². The van der Waals surface area contributed by atoms with Crippen LogP contribution in [-0.2, 0) is 0 Å². The number of ether oxygens (including phenoxy) is 1. The Balaban J connectivity index is 2.17. The molecule has 0 aromatic heterocycles. The molecular formula is C13H18O2. The first-order valence-corrected chi connectivity index (χ1v) is 5.63. The SMILES string of the molecule is CCOc1ccc(C(O)C2CC2)c(C)c1. The van der Waals surface area contributed by atoms with Crippen LogP contribution >= 0.6 is 0 Å². The van der Waals surface area contributed by atoms with Crippen molar-refractivity contribution in [2.45, 2.75) is 32.8 Å². The lowest BCUT2D eigenvalue weighted by Crippen LogP contribution is -2.02. The molecule has 1 fully saturated rings. The highest BCUT2D eigenvalue weighted by Crippen LogP contribution is 2.42. The summed E-state index contributed by atoms with van der Waals surface area (Å²) in [6, 6.07) is 5.94. The van der Waals surface area contributed by atoms with Gasteiger partial charge in [-0.3, -0.25) is 0 Å². The summed E-state index contributed by atoms with van der Waals surface area (Å²) in [6.45, 7) is 4.69. The molecule has 0 radical (unpaired) electrons. The minimum Gasteiger partial charge on any atom is -0.494 e. The van der Waals surface area contributed by atoms with Gasteiger partial charge >= 0.3 is 0 Å². The third-order valence-corrected chi connectivity index (χ3v) is 2.94. The van der Waals surface area contributed by atoms with E-state index < -0.39 is 0 Å². The Morgan fingerprint density at radius 2 is 2.20 bits per heavy atom. The Bertz CT molecular complexity index is 342. The van der Waals surface area contributed by atoms with Crippen molar-refractivity contribution in [3.63, 3.8) is 0 Å². The molecule has 0 bridgehead atoms. The Kier molecular flexibility index (Phi) is 2.96. The first-order chi connectivity index (χ1) is 7.22. The van der Waals surface area contributed by atoms with Crippen LogP contribution in [0.1, 0.15) is 37.0 Å². The average Bonchev–Trinajstić information content (AvgIpc) is 3.01. The molecular weight excluding hydrogens is 188 g/mol. The van der Waals surface area contributed by atoms with Gasteiger partial charge in [0.05, 0.1) is 12.7 Å². The van der Waals surface area contributed by atoms with E-state index in [1.54, 1.807) is 0 Å². The summed E-state index contributed by atoms with van der Waals surface area (Å²) in [5, 5.41) is 10.0. The predicted octanol–water partition coefficient (Wildman–Crippen LogP) is 2.84. The molecule has 1 aromatic carbocycles. The van der Waals surface area contributed by atoms with Crippen LogP contribution in [0.25, 0.3) is 0 Å². The van der Waals surface area contributed by atoms with Crippen molar-refractivity contribution >= 4 is 0 Å². The molecule has 1 unspecified atom stereocenters. The van der Waals surface area contributed by atoms with Crippen LogP contribution in [0.15, 0.2) is 18.2 Å². The van der Waals surface area contributed by atoms with Gasteiger partial charge in [0.1, 0.15) is 5.75 Å². The van der Waals surface area contributed by atoms with Gasteiger partial charge in [-0.25, -0.2) is 0 Å². The number of hydrogen-bond acceptors (Lipinski definition) is 2. The zero-order valence-corrected chi connectivity index (χ0v) is 9.36. The molecule has 1 aliphatic rings. The quantitative estimate of drug-likeness (QED) is 0.820. The summed E-state index contributed by atoms with van der Waals surface area (Å²) in [7, 11) is 0. The third kappa shape index (κ3) is 2.32. The van der Waals surface area contributed by atoms with E-state index in [9.17, 15) is 5.11 Å². The van der Waals surface area contributed by atoms with Gasteiger partial charge in [0.2, 0.25) is 0 Å². The van der Waals surface area contributed by atoms with Crippen molar-refractivity contribution in [2.24, 2.45) is 5.92 Å². The second-order valence-electron chi connectivity index (χ2n) is 4.23. The van der Waals surface area contributed by atoms with Gasteiger partial charge in [0, 0.05) is 0 Å². The van der Waals surface area contributed by atoms with Crippen molar-refractivity contribution in [3.05, 3.63) is 29.3 Å². The Labute approximate surface area is 90.9 Å². The summed E-state index contributed by atoms with van der Waals surface area (Å²) < 4.78 is 5.42. The summed E-state index contributed by atoms with van der Waals surface area (Å²) in [5.74, 6) is 1.38. The van der Waals surface area contributed by atoms with Crippen LogP contribution < -0.4 is 4.74 Å². The molecule has 1 N–H and O–H groups in total. The third-order valence-electron chi connectivity index (χ3n) is 2.94. The smallest absolute Gasteiger partial charge is 0.119 e. The summed E-state index contributed by atoms with van der Waals surface area (Å²) >= 11 is 0. The highest BCUT2D eigenvalue weighted by atomic mass is 16.5. The zero-order valence-electron chi connectivity index (χ0n) is 9.36. The maximum absolute atomic E-state index is 10.0. The van der Waals surface area contributed by atoms with Gasteiger partial charge in [-0.1, -0.05) is 6.07 Å². The van der Waals surface area contributed by atoms with Crippen LogP contribution in [0.2, 0.25) is 0 Å². The van der Waals surface area contributed by atoms with Gasteiger partial charge in [-0.2, -0.15) is 0 Å². The first-order valence-electron chi connectivity index (χ1n) is 5.63. The maximum atomic E-state index is 10.0. The Hall–Kier alpha value is -1.02. The van der Waals surface area contributed by atoms with Crippen molar-refractivity contribution in [2.75, 3.05) is 6.61 Å². The van der Waals surface area contributed by atoms with E-state index in [0.717, 1.165) is 29.7 Å². The lowest BCUT2D eigenvalue weighted by atomic mass is 10.00. The predicted molar refractivity (Wildman–Crippen MR) is 60.0 cm³/mol. The molecule has 1 aromatic rings. The zero-order chi connectivity index (χ0) is 10.8. The molecule has 0 spiro atoms. The molecule has 0 saturated heterocycles. The molecule has 2 rings (SSSR count). The fraction of sp³-hybridized carbons (Fsp3) is 0.538. The topological polar surface area (TPSA) is 29.5 Å². The van der Waals surface area contributed by atoms with Gasteiger partial charge in [0.25, 0.3) is 0 Å². The van der Waals surface area contributed by atoms with E-state index in [-0.39, 0.29) is 6.10 Å². The highest BCUT2D eigenvalue weighted by molar-refractivity contribution is 5.36. The monoisotopic (exact) mass is 206 g/mol. The van der Waals surface area contributed by atoms with Gasteiger partial charge in [-0.15, -0.1) is 0 Å². The largest absolute Gasteiger partial charge is 0.494 e. The van der Waals surface area contributed by atoms with E-state index in [0.29, 0.717) is 12.5 Å². The van der Waals surface area contributed by atoms with E-state index in [4.69, 9.17) is 4.74 Å². The number of rotatable bonds is 4. The van der Waals surface area contributed by atoms with Crippen LogP contribution in [0.3, 0.4) is 0 Å². The number of benzene rings is 1. The number of aryl methyl sites for hydroxylation is 1. The number of hydrogen-bond donors (Lipinski definition) is 1. The number of aliphatic hydroxyl groups excluding tert-OH is 1. The van der Waals surface area contributed by atoms with Gasteiger partial charge in [0.15, 0.2) is 0 Å². The van der Waals surface area contributed by atoms with Crippen LogP contribution in [-0.4, -0.2) is 11.7 Å². The highest BCUT2D eigenvalue weighted by Gasteiger charge is 2.31. The lowest BCUT2D eigenvalue weighted by Gasteiger charge is -2.14. The summed E-state index contributed by atoms with van der Waals surface area (Å²) in [4.78, 5) is 0. The van der Waals surface area contributed by atoms with Crippen LogP contribution in [0.5, 0.6) is 5.75 Å². The molecule has 0 amide bonds. The molecule has 1 atom stereocenters. The fourth-order valence-corrected chi connectivity index (χ4v) is 1.90. The number of aliphatic hydroxyl groups is 1. The van der Waals surface area contributed by atoms with Crippen molar-refractivity contribution in [1.82, 2.24) is 0 Å². The van der Waals surface area contributed by atoms with E-state index >= 15 is 0 Å². The Morgan fingerprint density at radius 1 is 1.47 bits per heavy atom. The fourth-order valence-electron chi connectivity index (χ4n) is 1.90. The van der Waals surface area contributed by atoms with E-state index in [1.165, 1.54) is 0 Å². The molecule has 1 aliphatic carbocycles. The molecule has 1 saturated carbocycles. The van der Waals surface area contributed by atoms with Crippen molar-refractivity contribution < 1.29 is 9.84 Å². The normalized spacial score (nSPS) is 17.5. The van der Waals surface area contributed by atoms with E-state index in [2.05, 4.69) is 0 Å². The van der Waals surface area contributed by atoms with Crippen molar-refractivity contribution in [3.8, 4) is 5.75 Å². The molecule has 82 valence electrons. The van der Waals surface area contributed by atoms with Gasteiger partial charge < -0.3 is 9.84 Å². The van der Waals surface area contributed by atoms with Crippen LogP contribution in [0, 0.1) is 12.8 Å². The average molecular weight is 206 g/mol. The first kappa shape index (κ1) is 10.5. The molecule has 0 heterocycles. The van der Waals surface area contributed by atoms with Crippen molar-refractivity contribution in [1.29, 1.82) is 0 Å². The molecule has 2 nitrogen and oxygen atoms in total. The minimum absolute atomic E-state index is 0.277. The maximum Gasteiger partial charge on any atom is 0.119 e. The van der Waals surface area contributed by atoms with Gasteiger partial charge in [-0.05, 0) is 55.9 Å². The van der Waals surface area contributed by atoms with E-state index in [1.807, 2.05) is 32.0 Å². The Morgan fingerprint density at radius 3 is 2.73 bits per heavy atom. The molecule has 15 heavy (non-hydrogen) atoms. The molecule has 2 heteroatoms. The standard InChI is InChI=1S/C13H18O2/c1-3-15-11-6-7-12(9(2)8-11)13(14)10-4-5-10/h6-8,10,13-14H,3-5H2,1-2H3. The second-order valence-corrected chi connectivity index (χ2v) is 4.23.